The molecular weight excluding hydrogens is 179 g/mol. The molecule has 4 heteroatoms. The maximum Gasteiger partial charge on any atom is 0.401 e. The largest absolute Gasteiger partial charge is 0.401 e. The van der Waals surface area contributed by atoms with E-state index >= 15 is 0 Å². The van der Waals surface area contributed by atoms with Crippen molar-refractivity contribution in [2.75, 3.05) is 13.1 Å². The standard InChI is InChI=1S/C9H18F3N/c1-7(2)8(3,4)5-13-6-9(10,11)12/h7,13H,5-6H2,1-4H3. The third kappa shape index (κ3) is 5.91. The Hall–Kier alpha value is -0.250. The van der Waals surface area contributed by atoms with Crippen molar-refractivity contribution in [2.45, 2.75) is 33.9 Å². The Balaban J connectivity index is 3.77. The van der Waals surface area contributed by atoms with Crippen LogP contribution < -0.4 is 5.32 Å². The van der Waals surface area contributed by atoms with Gasteiger partial charge in [-0.15, -0.1) is 0 Å². The molecule has 0 saturated heterocycles. The van der Waals surface area contributed by atoms with Crippen LogP contribution in [0.2, 0.25) is 0 Å². The van der Waals surface area contributed by atoms with Gasteiger partial charge in [-0.3, -0.25) is 0 Å². The Morgan fingerprint density at radius 3 is 1.85 bits per heavy atom. The summed E-state index contributed by atoms with van der Waals surface area (Å²) >= 11 is 0. The molecule has 0 spiro atoms. The van der Waals surface area contributed by atoms with Gasteiger partial charge in [0.25, 0.3) is 0 Å². The summed E-state index contributed by atoms with van der Waals surface area (Å²) in [5.41, 5.74) is -0.0920. The lowest BCUT2D eigenvalue weighted by Gasteiger charge is -2.29. The van der Waals surface area contributed by atoms with Crippen LogP contribution in [0.15, 0.2) is 0 Å². The Labute approximate surface area is 77.7 Å². The van der Waals surface area contributed by atoms with Gasteiger partial charge in [0.05, 0.1) is 6.54 Å². The Kier molecular flexibility index (Phi) is 4.23. The number of nitrogens with one attached hydrogen (secondary N) is 1. The SMILES string of the molecule is CC(C)C(C)(C)CNCC(F)(F)F. The lowest BCUT2D eigenvalue weighted by atomic mass is 9.81. The summed E-state index contributed by atoms with van der Waals surface area (Å²) in [5, 5.41) is 2.42. The van der Waals surface area contributed by atoms with Crippen molar-refractivity contribution < 1.29 is 13.2 Å². The van der Waals surface area contributed by atoms with E-state index in [-0.39, 0.29) is 5.41 Å². The average Bonchev–Trinajstić information content (AvgIpc) is 1.82. The van der Waals surface area contributed by atoms with Crippen LogP contribution in [0.25, 0.3) is 0 Å². The average molecular weight is 197 g/mol. The summed E-state index contributed by atoms with van der Waals surface area (Å²) in [6.07, 6.45) is -4.10. The lowest BCUT2D eigenvalue weighted by Crippen LogP contribution is -2.38. The lowest BCUT2D eigenvalue weighted by molar-refractivity contribution is -0.125. The van der Waals surface area contributed by atoms with Gasteiger partial charge in [0, 0.05) is 6.54 Å². The topological polar surface area (TPSA) is 12.0 Å². The summed E-state index contributed by atoms with van der Waals surface area (Å²) in [4.78, 5) is 0. The normalized spacial score (nSPS) is 13.8. The van der Waals surface area contributed by atoms with Gasteiger partial charge < -0.3 is 5.32 Å². The number of hydrogen-bond donors (Lipinski definition) is 1. The molecule has 0 aromatic carbocycles. The summed E-state index contributed by atoms with van der Waals surface area (Å²) in [5.74, 6) is 0.369. The van der Waals surface area contributed by atoms with Crippen LogP contribution in [0.5, 0.6) is 0 Å². The van der Waals surface area contributed by atoms with Crippen LogP contribution in [0.4, 0.5) is 13.2 Å². The minimum Gasteiger partial charge on any atom is -0.308 e. The predicted molar refractivity (Wildman–Crippen MR) is 47.5 cm³/mol. The number of alkyl halides is 3. The van der Waals surface area contributed by atoms with E-state index in [1.807, 2.05) is 27.7 Å². The van der Waals surface area contributed by atoms with Gasteiger partial charge in [-0.25, -0.2) is 0 Å². The minimum absolute atomic E-state index is 0.0920. The molecule has 0 aliphatic heterocycles. The van der Waals surface area contributed by atoms with Gasteiger partial charge in [0.15, 0.2) is 0 Å². The molecular formula is C9H18F3N. The first kappa shape index (κ1) is 12.8. The summed E-state index contributed by atoms with van der Waals surface area (Å²) in [7, 11) is 0. The third-order valence-corrected chi connectivity index (χ3v) is 2.47. The molecule has 0 saturated carbocycles. The molecule has 0 radical (unpaired) electrons. The van der Waals surface area contributed by atoms with Crippen molar-refractivity contribution >= 4 is 0 Å². The zero-order valence-corrected chi connectivity index (χ0v) is 8.63. The molecule has 1 N–H and O–H groups in total. The quantitative estimate of drug-likeness (QED) is 0.730. The second-order valence-corrected chi connectivity index (χ2v) is 4.36. The van der Waals surface area contributed by atoms with Gasteiger partial charge in [-0.2, -0.15) is 13.2 Å². The van der Waals surface area contributed by atoms with Gasteiger partial charge in [0.1, 0.15) is 0 Å². The molecule has 0 amide bonds. The zero-order chi connectivity index (χ0) is 10.7. The van der Waals surface area contributed by atoms with Crippen molar-refractivity contribution in [3.63, 3.8) is 0 Å². The highest BCUT2D eigenvalue weighted by molar-refractivity contribution is 4.75. The monoisotopic (exact) mass is 197 g/mol. The maximum atomic E-state index is 11.8. The first-order chi connectivity index (χ1) is 5.65. The molecule has 0 aromatic heterocycles. The van der Waals surface area contributed by atoms with Crippen LogP contribution in [-0.4, -0.2) is 19.3 Å². The zero-order valence-electron chi connectivity index (χ0n) is 8.63. The van der Waals surface area contributed by atoms with E-state index in [1.165, 1.54) is 0 Å². The fraction of sp³-hybridized carbons (Fsp3) is 1.00. The highest BCUT2D eigenvalue weighted by Gasteiger charge is 2.28. The number of rotatable bonds is 4. The second-order valence-electron chi connectivity index (χ2n) is 4.36. The molecule has 0 bridgehead atoms. The fourth-order valence-electron chi connectivity index (χ4n) is 0.731. The molecule has 0 unspecified atom stereocenters. The van der Waals surface area contributed by atoms with Gasteiger partial charge in [0.2, 0.25) is 0 Å². The molecule has 1 nitrogen and oxygen atoms in total. The molecule has 0 aliphatic rings. The van der Waals surface area contributed by atoms with Crippen molar-refractivity contribution in [1.82, 2.24) is 5.32 Å². The van der Waals surface area contributed by atoms with E-state index in [1.54, 1.807) is 0 Å². The molecule has 0 atom stereocenters. The van der Waals surface area contributed by atoms with E-state index < -0.39 is 12.7 Å². The maximum absolute atomic E-state index is 11.8. The van der Waals surface area contributed by atoms with Crippen molar-refractivity contribution in [3.8, 4) is 0 Å². The summed E-state index contributed by atoms with van der Waals surface area (Å²) in [6, 6.07) is 0. The van der Waals surface area contributed by atoms with E-state index in [2.05, 4.69) is 5.32 Å². The summed E-state index contributed by atoms with van der Waals surface area (Å²) < 4.78 is 35.3. The summed E-state index contributed by atoms with van der Waals surface area (Å²) in [6.45, 7) is 7.43. The van der Waals surface area contributed by atoms with Crippen LogP contribution in [-0.2, 0) is 0 Å². The van der Waals surface area contributed by atoms with Crippen LogP contribution in [0.3, 0.4) is 0 Å². The van der Waals surface area contributed by atoms with Crippen molar-refractivity contribution in [2.24, 2.45) is 11.3 Å². The first-order valence-corrected chi connectivity index (χ1v) is 4.42. The Morgan fingerprint density at radius 2 is 1.54 bits per heavy atom. The molecule has 0 aromatic rings. The highest BCUT2D eigenvalue weighted by atomic mass is 19.4. The van der Waals surface area contributed by atoms with Gasteiger partial charge in [-0.1, -0.05) is 27.7 Å². The molecule has 0 rings (SSSR count). The second kappa shape index (κ2) is 4.31. The number of hydrogen-bond acceptors (Lipinski definition) is 1. The van der Waals surface area contributed by atoms with Crippen LogP contribution >= 0.6 is 0 Å². The Bertz CT molecular complexity index is 149. The van der Waals surface area contributed by atoms with Crippen LogP contribution in [0, 0.1) is 11.3 Å². The van der Waals surface area contributed by atoms with Crippen LogP contribution in [0.1, 0.15) is 27.7 Å². The molecule has 0 aliphatic carbocycles. The fourth-order valence-corrected chi connectivity index (χ4v) is 0.731. The van der Waals surface area contributed by atoms with E-state index in [9.17, 15) is 13.2 Å². The smallest absolute Gasteiger partial charge is 0.308 e. The van der Waals surface area contributed by atoms with E-state index in [0.717, 1.165) is 0 Å². The van der Waals surface area contributed by atoms with Gasteiger partial charge >= 0.3 is 6.18 Å². The van der Waals surface area contributed by atoms with Crippen molar-refractivity contribution in [3.05, 3.63) is 0 Å². The first-order valence-electron chi connectivity index (χ1n) is 4.42. The van der Waals surface area contributed by atoms with E-state index in [4.69, 9.17) is 0 Å². The molecule has 0 fully saturated rings. The third-order valence-electron chi connectivity index (χ3n) is 2.47. The molecule has 0 heterocycles. The molecule has 13 heavy (non-hydrogen) atoms. The predicted octanol–water partition coefficient (Wildman–Crippen LogP) is 2.82. The molecule has 80 valence electrons. The Morgan fingerprint density at radius 1 is 1.08 bits per heavy atom. The highest BCUT2D eigenvalue weighted by Crippen LogP contribution is 2.25. The van der Waals surface area contributed by atoms with Gasteiger partial charge in [-0.05, 0) is 11.3 Å². The number of halogens is 3. The minimum atomic E-state index is -4.10. The van der Waals surface area contributed by atoms with Crippen molar-refractivity contribution in [1.29, 1.82) is 0 Å². The van der Waals surface area contributed by atoms with E-state index in [0.29, 0.717) is 12.5 Å².